The summed E-state index contributed by atoms with van der Waals surface area (Å²) in [4.78, 5) is 12.1. The molecule has 1 atom stereocenters. The number of aliphatic hydroxyl groups excluding tert-OH is 1. The van der Waals surface area contributed by atoms with Gasteiger partial charge in [0, 0.05) is 24.8 Å². The van der Waals surface area contributed by atoms with E-state index in [1.165, 1.54) is 0 Å². The lowest BCUT2D eigenvalue weighted by Crippen LogP contribution is -2.38. The summed E-state index contributed by atoms with van der Waals surface area (Å²) in [6, 6.07) is 6.64. The fraction of sp³-hybridized carbons (Fsp3) is 0.385. The highest BCUT2D eigenvalue weighted by molar-refractivity contribution is 5.94. The van der Waals surface area contributed by atoms with Crippen LogP contribution in [-0.2, 0) is 4.74 Å². The molecule has 8 nitrogen and oxygen atoms in total. The van der Waals surface area contributed by atoms with E-state index < -0.39 is 0 Å². The molecule has 112 valence electrons. The lowest BCUT2D eigenvalue weighted by molar-refractivity contribution is 0.0878. The Hall–Kier alpha value is -2.32. The Morgan fingerprint density at radius 3 is 2.76 bits per heavy atom. The Morgan fingerprint density at radius 1 is 1.43 bits per heavy atom. The summed E-state index contributed by atoms with van der Waals surface area (Å²) in [5.74, 6) is 0.254. The highest BCUT2D eigenvalue weighted by Crippen LogP contribution is 2.14. The van der Waals surface area contributed by atoms with Crippen LogP contribution in [0.4, 0.5) is 0 Å². The van der Waals surface area contributed by atoms with Crippen LogP contribution in [0.15, 0.2) is 24.3 Å². The minimum atomic E-state index is -0.218. The maximum atomic E-state index is 12.1. The molecule has 0 aliphatic carbocycles. The van der Waals surface area contributed by atoms with E-state index in [-0.39, 0.29) is 18.6 Å². The SMILES string of the molecule is COCC(CCO)NC(=O)c1ccc(-c2nn[nH]n2)cc1. The number of carbonyl (C=O) groups excluding carboxylic acids is 1. The molecule has 0 aliphatic rings. The Kier molecular flexibility index (Phi) is 5.35. The third-order valence-electron chi connectivity index (χ3n) is 2.93. The molecule has 0 radical (unpaired) electrons. The fourth-order valence-corrected chi connectivity index (χ4v) is 1.88. The minimum Gasteiger partial charge on any atom is -0.396 e. The van der Waals surface area contributed by atoms with Crippen molar-refractivity contribution in [3.63, 3.8) is 0 Å². The molecule has 0 aliphatic heterocycles. The number of carbonyl (C=O) groups is 1. The van der Waals surface area contributed by atoms with Crippen molar-refractivity contribution >= 4 is 5.91 Å². The van der Waals surface area contributed by atoms with Crippen LogP contribution in [0.3, 0.4) is 0 Å². The molecule has 2 rings (SSSR count). The van der Waals surface area contributed by atoms with Crippen LogP contribution in [0.1, 0.15) is 16.8 Å². The highest BCUT2D eigenvalue weighted by atomic mass is 16.5. The van der Waals surface area contributed by atoms with Crippen molar-refractivity contribution in [2.75, 3.05) is 20.3 Å². The summed E-state index contributed by atoms with van der Waals surface area (Å²) >= 11 is 0. The van der Waals surface area contributed by atoms with Gasteiger partial charge in [0.2, 0.25) is 5.82 Å². The van der Waals surface area contributed by atoms with Crippen molar-refractivity contribution in [2.45, 2.75) is 12.5 Å². The number of aromatic amines is 1. The first kappa shape index (κ1) is 15.1. The zero-order valence-corrected chi connectivity index (χ0v) is 11.6. The van der Waals surface area contributed by atoms with Crippen LogP contribution in [0, 0.1) is 0 Å². The molecular weight excluding hydrogens is 274 g/mol. The van der Waals surface area contributed by atoms with Crippen molar-refractivity contribution in [1.82, 2.24) is 25.9 Å². The number of methoxy groups -OCH3 is 1. The number of nitrogens with one attached hydrogen (secondary N) is 2. The van der Waals surface area contributed by atoms with E-state index in [0.717, 1.165) is 5.56 Å². The van der Waals surface area contributed by atoms with E-state index in [2.05, 4.69) is 25.9 Å². The zero-order chi connectivity index (χ0) is 15.1. The molecule has 1 aromatic heterocycles. The molecule has 1 amide bonds. The van der Waals surface area contributed by atoms with Crippen LogP contribution < -0.4 is 5.32 Å². The second-order valence-electron chi connectivity index (χ2n) is 4.45. The van der Waals surface area contributed by atoms with Crippen LogP contribution in [-0.4, -0.2) is 58.0 Å². The number of nitrogens with zero attached hydrogens (tertiary/aromatic N) is 3. The van der Waals surface area contributed by atoms with Gasteiger partial charge >= 0.3 is 0 Å². The lowest BCUT2D eigenvalue weighted by atomic mass is 10.1. The highest BCUT2D eigenvalue weighted by Gasteiger charge is 2.13. The summed E-state index contributed by atoms with van der Waals surface area (Å²) in [6.45, 7) is 0.346. The van der Waals surface area contributed by atoms with Gasteiger partial charge in [-0.1, -0.05) is 12.1 Å². The number of aliphatic hydroxyl groups is 1. The average Bonchev–Trinajstić information content (AvgIpc) is 3.02. The topological polar surface area (TPSA) is 113 Å². The third kappa shape index (κ3) is 4.07. The molecule has 0 saturated heterocycles. The first-order valence-electron chi connectivity index (χ1n) is 6.49. The van der Waals surface area contributed by atoms with Crippen molar-refractivity contribution < 1.29 is 14.6 Å². The van der Waals surface area contributed by atoms with E-state index in [9.17, 15) is 4.79 Å². The lowest BCUT2D eigenvalue weighted by Gasteiger charge is -2.16. The number of benzene rings is 1. The van der Waals surface area contributed by atoms with Crippen molar-refractivity contribution in [3.8, 4) is 11.4 Å². The quantitative estimate of drug-likeness (QED) is 0.661. The summed E-state index contributed by atoms with van der Waals surface area (Å²) < 4.78 is 5.01. The second kappa shape index (κ2) is 7.46. The molecule has 0 bridgehead atoms. The number of hydrogen-bond donors (Lipinski definition) is 3. The van der Waals surface area contributed by atoms with Crippen LogP contribution in [0.2, 0.25) is 0 Å². The van der Waals surface area contributed by atoms with Gasteiger partial charge in [-0.25, -0.2) is 0 Å². The Labute approximate surface area is 121 Å². The minimum absolute atomic E-state index is 0.00886. The number of amides is 1. The number of hydrogen-bond acceptors (Lipinski definition) is 6. The summed E-state index contributed by atoms with van der Waals surface area (Å²) in [6.07, 6.45) is 0.445. The largest absolute Gasteiger partial charge is 0.396 e. The molecule has 1 aromatic carbocycles. The number of aromatic nitrogens is 4. The van der Waals surface area contributed by atoms with Crippen molar-refractivity contribution in [3.05, 3.63) is 29.8 Å². The molecule has 21 heavy (non-hydrogen) atoms. The van der Waals surface area contributed by atoms with Crippen molar-refractivity contribution in [2.24, 2.45) is 0 Å². The van der Waals surface area contributed by atoms with E-state index in [0.29, 0.717) is 24.4 Å². The van der Waals surface area contributed by atoms with E-state index in [4.69, 9.17) is 9.84 Å². The van der Waals surface area contributed by atoms with Gasteiger partial charge in [0.25, 0.3) is 5.91 Å². The molecule has 8 heteroatoms. The van der Waals surface area contributed by atoms with Gasteiger partial charge in [0.15, 0.2) is 0 Å². The normalized spacial score (nSPS) is 12.1. The van der Waals surface area contributed by atoms with Gasteiger partial charge in [-0.15, -0.1) is 10.2 Å². The van der Waals surface area contributed by atoms with Gasteiger partial charge in [0.1, 0.15) is 0 Å². The predicted molar refractivity (Wildman–Crippen MR) is 74.4 cm³/mol. The Morgan fingerprint density at radius 2 is 2.19 bits per heavy atom. The van der Waals surface area contributed by atoms with Crippen LogP contribution in [0.5, 0.6) is 0 Å². The number of ether oxygens (including phenoxy) is 1. The van der Waals surface area contributed by atoms with Gasteiger partial charge in [-0.05, 0) is 23.8 Å². The monoisotopic (exact) mass is 291 g/mol. The van der Waals surface area contributed by atoms with Crippen LogP contribution >= 0.6 is 0 Å². The molecular formula is C13H17N5O3. The van der Waals surface area contributed by atoms with Crippen LogP contribution in [0.25, 0.3) is 11.4 Å². The first-order valence-corrected chi connectivity index (χ1v) is 6.49. The first-order chi connectivity index (χ1) is 10.2. The molecule has 0 spiro atoms. The van der Waals surface area contributed by atoms with E-state index >= 15 is 0 Å². The number of rotatable bonds is 7. The van der Waals surface area contributed by atoms with Crippen molar-refractivity contribution in [1.29, 1.82) is 0 Å². The molecule has 1 heterocycles. The maximum Gasteiger partial charge on any atom is 0.251 e. The molecule has 0 fully saturated rings. The number of H-pyrrole nitrogens is 1. The van der Waals surface area contributed by atoms with Gasteiger partial charge in [-0.3, -0.25) is 4.79 Å². The number of tetrazole rings is 1. The summed E-state index contributed by atoms with van der Waals surface area (Å²) in [5.41, 5.74) is 1.28. The summed E-state index contributed by atoms with van der Waals surface area (Å²) in [5, 5.41) is 25.4. The van der Waals surface area contributed by atoms with E-state index in [1.807, 2.05) is 0 Å². The van der Waals surface area contributed by atoms with Gasteiger partial charge in [-0.2, -0.15) is 5.21 Å². The maximum absolute atomic E-state index is 12.1. The smallest absolute Gasteiger partial charge is 0.251 e. The Bertz CT molecular complexity index is 550. The molecule has 3 N–H and O–H groups in total. The van der Waals surface area contributed by atoms with E-state index in [1.54, 1.807) is 31.4 Å². The van der Waals surface area contributed by atoms with Gasteiger partial charge in [0.05, 0.1) is 12.6 Å². The standard InChI is InChI=1S/C13H17N5O3/c1-21-8-11(6-7-19)14-13(20)10-4-2-9(3-5-10)12-15-17-18-16-12/h2-5,11,19H,6-8H2,1H3,(H,14,20)(H,15,16,17,18). The molecule has 0 saturated carbocycles. The zero-order valence-electron chi connectivity index (χ0n) is 11.6. The Balaban J connectivity index is 2.02. The second-order valence-corrected chi connectivity index (χ2v) is 4.45. The molecule has 1 unspecified atom stereocenters. The molecule has 2 aromatic rings. The summed E-state index contributed by atoms with van der Waals surface area (Å²) in [7, 11) is 1.55. The third-order valence-corrected chi connectivity index (χ3v) is 2.93. The average molecular weight is 291 g/mol. The van der Waals surface area contributed by atoms with Gasteiger partial charge < -0.3 is 15.2 Å². The fourth-order valence-electron chi connectivity index (χ4n) is 1.88. The predicted octanol–water partition coefficient (Wildman–Crippen LogP) is -0.00610.